The number of nitrogens with zero attached hydrogens (tertiary/aromatic N) is 1. The number of aromatic amines is 1. The number of rotatable bonds is 4. The molecular formula is C13H16IN3. The molecular weight excluding hydrogens is 325 g/mol. The van der Waals surface area contributed by atoms with Crippen molar-refractivity contribution in [3.63, 3.8) is 0 Å². The highest BCUT2D eigenvalue weighted by Crippen LogP contribution is 2.21. The summed E-state index contributed by atoms with van der Waals surface area (Å²) in [5.74, 6) is 0. The Morgan fingerprint density at radius 2 is 2.00 bits per heavy atom. The lowest BCUT2D eigenvalue weighted by molar-refractivity contribution is 0.589. The predicted octanol–water partition coefficient (Wildman–Crippen LogP) is 3.18. The van der Waals surface area contributed by atoms with Crippen molar-refractivity contribution in [2.24, 2.45) is 0 Å². The van der Waals surface area contributed by atoms with E-state index in [1.165, 1.54) is 14.7 Å². The second-order valence-electron chi connectivity index (χ2n) is 4.31. The molecule has 0 radical (unpaired) electrons. The topological polar surface area (TPSA) is 40.7 Å². The quantitative estimate of drug-likeness (QED) is 0.839. The Hall–Kier alpha value is -0.880. The van der Waals surface area contributed by atoms with Gasteiger partial charge in [-0.1, -0.05) is 26.0 Å². The number of halogens is 1. The number of aromatic nitrogens is 2. The van der Waals surface area contributed by atoms with E-state index in [0.717, 1.165) is 12.2 Å². The first-order valence-electron chi connectivity index (χ1n) is 5.68. The Kier molecular flexibility index (Phi) is 4.17. The minimum absolute atomic E-state index is 0.481. The van der Waals surface area contributed by atoms with E-state index < -0.39 is 0 Å². The van der Waals surface area contributed by atoms with Crippen LogP contribution in [0.15, 0.2) is 30.5 Å². The molecule has 0 aliphatic rings. The Morgan fingerprint density at radius 3 is 2.65 bits per heavy atom. The summed E-state index contributed by atoms with van der Waals surface area (Å²) in [6.45, 7) is 5.13. The van der Waals surface area contributed by atoms with Gasteiger partial charge in [0.1, 0.15) is 0 Å². The summed E-state index contributed by atoms with van der Waals surface area (Å²) in [6.07, 6.45) is 1.89. The number of nitrogens with one attached hydrogen (secondary N) is 2. The van der Waals surface area contributed by atoms with E-state index in [4.69, 9.17) is 0 Å². The number of hydrogen-bond donors (Lipinski definition) is 2. The van der Waals surface area contributed by atoms with Crippen molar-refractivity contribution in [1.82, 2.24) is 15.5 Å². The molecule has 1 heterocycles. The summed E-state index contributed by atoms with van der Waals surface area (Å²) in [4.78, 5) is 0. The van der Waals surface area contributed by atoms with E-state index in [0.29, 0.717) is 6.04 Å². The van der Waals surface area contributed by atoms with Crippen molar-refractivity contribution in [3.05, 3.63) is 39.6 Å². The van der Waals surface area contributed by atoms with E-state index in [2.05, 4.69) is 76.2 Å². The fourth-order valence-corrected chi connectivity index (χ4v) is 1.99. The molecule has 0 saturated heterocycles. The standard InChI is InChI=1S/C13H16IN3/c1-9(2)15-7-11-8-16-17-13(11)10-3-5-12(14)6-4-10/h3-6,8-9,15H,7H2,1-2H3,(H,16,17). The number of H-pyrrole nitrogens is 1. The normalized spacial score (nSPS) is 11.1. The molecule has 0 bridgehead atoms. The second kappa shape index (κ2) is 5.64. The van der Waals surface area contributed by atoms with Gasteiger partial charge in [0.25, 0.3) is 0 Å². The third kappa shape index (κ3) is 3.29. The summed E-state index contributed by atoms with van der Waals surface area (Å²) in [7, 11) is 0. The maximum absolute atomic E-state index is 4.13. The molecule has 0 aliphatic carbocycles. The van der Waals surface area contributed by atoms with Crippen LogP contribution < -0.4 is 5.32 Å². The average Bonchev–Trinajstić information content (AvgIpc) is 2.75. The molecule has 0 amide bonds. The maximum Gasteiger partial charge on any atom is 0.0695 e. The van der Waals surface area contributed by atoms with Gasteiger partial charge in [-0.05, 0) is 40.3 Å². The summed E-state index contributed by atoms with van der Waals surface area (Å²) < 4.78 is 1.24. The molecule has 4 heteroatoms. The van der Waals surface area contributed by atoms with Crippen molar-refractivity contribution < 1.29 is 0 Å². The molecule has 0 unspecified atom stereocenters. The summed E-state index contributed by atoms with van der Waals surface area (Å²) >= 11 is 2.31. The molecule has 2 N–H and O–H groups in total. The van der Waals surface area contributed by atoms with Crippen molar-refractivity contribution in [1.29, 1.82) is 0 Å². The van der Waals surface area contributed by atoms with Crippen LogP contribution in [0.3, 0.4) is 0 Å². The Balaban J connectivity index is 2.21. The lowest BCUT2D eigenvalue weighted by Crippen LogP contribution is -2.21. The molecule has 1 aromatic carbocycles. The molecule has 1 aromatic heterocycles. The maximum atomic E-state index is 4.13. The molecule has 0 atom stereocenters. The third-order valence-corrected chi connectivity index (χ3v) is 3.27. The van der Waals surface area contributed by atoms with Gasteiger partial charge in [0.05, 0.1) is 11.9 Å². The van der Waals surface area contributed by atoms with Crippen LogP contribution in [0.1, 0.15) is 19.4 Å². The monoisotopic (exact) mass is 341 g/mol. The highest BCUT2D eigenvalue weighted by molar-refractivity contribution is 14.1. The zero-order chi connectivity index (χ0) is 12.3. The lowest BCUT2D eigenvalue weighted by Gasteiger charge is -2.08. The van der Waals surface area contributed by atoms with Crippen molar-refractivity contribution >= 4 is 22.6 Å². The van der Waals surface area contributed by atoms with Gasteiger partial charge in [-0.3, -0.25) is 5.10 Å². The van der Waals surface area contributed by atoms with Gasteiger partial charge in [0.15, 0.2) is 0 Å². The molecule has 2 rings (SSSR count). The number of hydrogen-bond acceptors (Lipinski definition) is 2. The zero-order valence-corrected chi connectivity index (χ0v) is 12.2. The van der Waals surface area contributed by atoms with Crippen LogP contribution in [-0.2, 0) is 6.54 Å². The Labute approximate surface area is 115 Å². The van der Waals surface area contributed by atoms with E-state index in [9.17, 15) is 0 Å². The zero-order valence-electron chi connectivity index (χ0n) is 10.00. The second-order valence-corrected chi connectivity index (χ2v) is 5.56. The highest BCUT2D eigenvalue weighted by Gasteiger charge is 2.07. The third-order valence-electron chi connectivity index (χ3n) is 2.55. The Morgan fingerprint density at radius 1 is 1.29 bits per heavy atom. The smallest absolute Gasteiger partial charge is 0.0695 e. The minimum Gasteiger partial charge on any atom is -0.310 e. The van der Waals surface area contributed by atoms with Gasteiger partial charge < -0.3 is 5.32 Å². The summed E-state index contributed by atoms with van der Waals surface area (Å²) in [6, 6.07) is 8.93. The van der Waals surface area contributed by atoms with Gasteiger partial charge in [-0.25, -0.2) is 0 Å². The molecule has 0 saturated carbocycles. The molecule has 3 nitrogen and oxygen atoms in total. The van der Waals surface area contributed by atoms with Crippen molar-refractivity contribution in [2.75, 3.05) is 0 Å². The van der Waals surface area contributed by atoms with E-state index in [-0.39, 0.29) is 0 Å². The molecule has 0 spiro atoms. The van der Waals surface area contributed by atoms with Crippen LogP contribution in [0.25, 0.3) is 11.3 Å². The molecule has 2 aromatic rings. The van der Waals surface area contributed by atoms with E-state index in [1.807, 2.05) is 6.20 Å². The van der Waals surface area contributed by atoms with Crippen LogP contribution in [0.2, 0.25) is 0 Å². The van der Waals surface area contributed by atoms with E-state index in [1.54, 1.807) is 0 Å². The van der Waals surface area contributed by atoms with Gasteiger partial charge in [-0.15, -0.1) is 0 Å². The summed E-state index contributed by atoms with van der Waals surface area (Å²) in [5, 5.41) is 10.6. The van der Waals surface area contributed by atoms with Crippen LogP contribution >= 0.6 is 22.6 Å². The van der Waals surface area contributed by atoms with Gasteiger partial charge >= 0.3 is 0 Å². The largest absolute Gasteiger partial charge is 0.310 e. The molecule has 90 valence electrons. The van der Waals surface area contributed by atoms with Crippen LogP contribution in [-0.4, -0.2) is 16.2 Å². The van der Waals surface area contributed by atoms with Crippen LogP contribution in [0, 0.1) is 3.57 Å². The lowest BCUT2D eigenvalue weighted by atomic mass is 10.1. The fourth-order valence-electron chi connectivity index (χ4n) is 1.63. The van der Waals surface area contributed by atoms with Crippen molar-refractivity contribution in [2.45, 2.75) is 26.4 Å². The molecule has 17 heavy (non-hydrogen) atoms. The molecule has 0 fully saturated rings. The van der Waals surface area contributed by atoms with E-state index >= 15 is 0 Å². The van der Waals surface area contributed by atoms with Crippen molar-refractivity contribution in [3.8, 4) is 11.3 Å². The van der Waals surface area contributed by atoms with Gasteiger partial charge in [-0.2, -0.15) is 5.10 Å². The van der Waals surface area contributed by atoms with Crippen LogP contribution in [0.4, 0.5) is 0 Å². The predicted molar refractivity (Wildman–Crippen MR) is 78.7 cm³/mol. The van der Waals surface area contributed by atoms with Gasteiger partial charge in [0.2, 0.25) is 0 Å². The highest BCUT2D eigenvalue weighted by atomic mass is 127. The first-order valence-corrected chi connectivity index (χ1v) is 6.76. The number of benzene rings is 1. The summed E-state index contributed by atoms with van der Waals surface area (Å²) in [5.41, 5.74) is 3.50. The molecule has 0 aliphatic heterocycles. The first kappa shape index (κ1) is 12.6. The van der Waals surface area contributed by atoms with Gasteiger partial charge in [0, 0.05) is 21.7 Å². The first-order chi connectivity index (χ1) is 8.16. The average molecular weight is 341 g/mol. The SMILES string of the molecule is CC(C)NCc1cn[nH]c1-c1ccc(I)cc1. The van der Waals surface area contributed by atoms with Crippen LogP contribution in [0.5, 0.6) is 0 Å². The minimum atomic E-state index is 0.481. The Bertz CT molecular complexity index is 474. The fraction of sp³-hybridized carbons (Fsp3) is 0.308.